The van der Waals surface area contributed by atoms with E-state index in [1.807, 2.05) is 0 Å². The largest absolute Gasteiger partial charge is 0.407 e. The highest BCUT2D eigenvalue weighted by Gasteiger charge is 2.16. The molecule has 0 rings (SSSR count). The molecule has 0 saturated heterocycles. The van der Waals surface area contributed by atoms with Crippen LogP contribution in [0.25, 0.3) is 0 Å². The first kappa shape index (κ1) is 8.78. The summed E-state index contributed by atoms with van der Waals surface area (Å²) in [7, 11) is -3.98. The summed E-state index contributed by atoms with van der Waals surface area (Å²) in [6, 6.07) is -0.129. The zero-order chi connectivity index (χ0) is 7.33. The van der Waals surface area contributed by atoms with E-state index in [2.05, 4.69) is 10.1 Å². The van der Waals surface area contributed by atoms with Crippen LogP contribution < -0.4 is 5.48 Å². The molecule has 0 amide bonds. The molecule has 6 heteroatoms. The van der Waals surface area contributed by atoms with Crippen LogP contribution >= 0.6 is 7.60 Å². The second kappa shape index (κ2) is 3.74. The zero-order valence-electron chi connectivity index (χ0n) is 4.90. The molecule has 5 nitrogen and oxygen atoms in total. The van der Waals surface area contributed by atoms with Gasteiger partial charge in [0, 0.05) is 6.54 Å². The number of hydrogen-bond acceptors (Lipinski definition) is 4. The lowest BCUT2D eigenvalue weighted by molar-refractivity contribution is 0.179. The molecule has 0 aliphatic carbocycles. The monoisotopic (exact) mass is 153 g/mol. The Balaban J connectivity index is 3.59. The Kier molecular flexibility index (Phi) is 3.65. The molecule has 0 aliphatic heterocycles. The molecular weight excluding hydrogens is 145 g/mol. The average molecular weight is 153 g/mol. The topological polar surface area (TPSA) is 75.6 Å². The third-order valence-electron chi connectivity index (χ3n) is 0.473. The molecule has 2 N–H and O–H groups in total. The molecule has 0 aromatic heterocycles. The molecule has 0 aromatic rings. The predicted molar refractivity (Wildman–Crippen MR) is 31.3 cm³/mol. The number of rotatable bonds is 4. The highest BCUT2D eigenvalue weighted by molar-refractivity contribution is 7.68. The second-order valence-electron chi connectivity index (χ2n) is 1.26. The van der Waals surface area contributed by atoms with E-state index in [4.69, 9.17) is 4.89 Å². The third kappa shape index (κ3) is 4.29. The quantitative estimate of drug-likeness (QED) is 0.335. The van der Waals surface area contributed by atoms with Gasteiger partial charge in [0.2, 0.25) is 6.03 Å². The number of carbonyl (C=O) groups is 1. The molecule has 0 aliphatic rings. The Bertz CT molecular complexity index is 136. The minimum atomic E-state index is -3.98. The van der Waals surface area contributed by atoms with Crippen molar-refractivity contribution in [1.82, 2.24) is 5.48 Å². The van der Waals surface area contributed by atoms with Crippen LogP contribution in [0.1, 0.15) is 6.92 Å². The van der Waals surface area contributed by atoms with Crippen molar-refractivity contribution in [2.24, 2.45) is 0 Å². The lowest BCUT2D eigenvalue weighted by Crippen LogP contribution is -2.11. The van der Waals surface area contributed by atoms with Crippen LogP contribution in [0.5, 0.6) is 0 Å². The first-order valence-corrected chi connectivity index (χ1v) is 3.97. The molecular formula is C3H8NO4P. The predicted octanol–water partition coefficient (Wildman–Crippen LogP) is -0.0969. The summed E-state index contributed by atoms with van der Waals surface area (Å²) in [5.74, 6) is 0. The van der Waals surface area contributed by atoms with E-state index in [0.29, 0.717) is 6.54 Å². The standard InChI is InChI=1S/C3H8NO4P/c1-2-4-8-9(6,7)3-5/h3-4H,2H2,1H3,(H,6,7). The van der Waals surface area contributed by atoms with Gasteiger partial charge < -0.3 is 4.89 Å². The van der Waals surface area contributed by atoms with Gasteiger partial charge in [0.15, 0.2) is 0 Å². The van der Waals surface area contributed by atoms with E-state index in [0.717, 1.165) is 0 Å². The van der Waals surface area contributed by atoms with Gasteiger partial charge in [-0.25, -0.2) is 4.62 Å². The maximum Gasteiger partial charge on any atom is 0.407 e. The number of nitrogens with one attached hydrogen (secondary N) is 1. The minimum absolute atomic E-state index is 0.129. The summed E-state index contributed by atoms with van der Waals surface area (Å²) in [5, 5.41) is 0. The summed E-state index contributed by atoms with van der Waals surface area (Å²) in [6.07, 6.45) is 0. The summed E-state index contributed by atoms with van der Waals surface area (Å²) in [6.45, 7) is 2.04. The molecule has 54 valence electrons. The van der Waals surface area contributed by atoms with Crippen molar-refractivity contribution in [3.63, 3.8) is 0 Å². The average Bonchev–Trinajstić information content (AvgIpc) is 1.84. The molecule has 1 unspecified atom stereocenters. The van der Waals surface area contributed by atoms with Crippen LogP contribution in [0.2, 0.25) is 0 Å². The van der Waals surface area contributed by atoms with Crippen molar-refractivity contribution in [2.45, 2.75) is 6.92 Å². The van der Waals surface area contributed by atoms with E-state index < -0.39 is 7.60 Å². The van der Waals surface area contributed by atoms with Gasteiger partial charge in [0.05, 0.1) is 0 Å². The van der Waals surface area contributed by atoms with E-state index in [9.17, 15) is 9.36 Å². The van der Waals surface area contributed by atoms with Crippen molar-refractivity contribution >= 4 is 13.6 Å². The molecule has 0 bridgehead atoms. The van der Waals surface area contributed by atoms with Crippen molar-refractivity contribution in [3.05, 3.63) is 0 Å². The molecule has 0 aromatic carbocycles. The Morgan fingerprint density at radius 2 is 2.44 bits per heavy atom. The van der Waals surface area contributed by atoms with Crippen molar-refractivity contribution in [3.8, 4) is 0 Å². The lowest BCUT2D eigenvalue weighted by atomic mass is 10.8. The molecule has 1 atom stereocenters. The van der Waals surface area contributed by atoms with E-state index >= 15 is 0 Å². The van der Waals surface area contributed by atoms with E-state index in [1.165, 1.54) is 0 Å². The molecule has 0 spiro atoms. The smallest absolute Gasteiger partial charge is 0.318 e. The first-order valence-electron chi connectivity index (χ1n) is 2.32. The second-order valence-corrected chi connectivity index (χ2v) is 2.78. The van der Waals surface area contributed by atoms with Gasteiger partial charge in [-0.05, 0) is 0 Å². The fourth-order valence-corrected chi connectivity index (χ4v) is 0.536. The van der Waals surface area contributed by atoms with Gasteiger partial charge in [-0.2, -0.15) is 5.48 Å². The van der Waals surface area contributed by atoms with Crippen molar-refractivity contribution in [2.75, 3.05) is 6.54 Å². The lowest BCUT2D eigenvalue weighted by Gasteiger charge is -2.02. The van der Waals surface area contributed by atoms with Crippen LogP contribution in [0, 0.1) is 0 Å². The first-order chi connectivity index (χ1) is 4.12. The summed E-state index contributed by atoms with van der Waals surface area (Å²) in [4.78, 5) is 18.0. The van der Waals surface area contributed by atoms with Gasteiger partial charge in [0.25, 0.3) is 0 Å². The highest BCUT2D eigenvalue weighted by Crippen LogP contribution is 2.35. The summed E-state index contributed by atoms with van der Waals surface area (Å²) >= 11 is 0. The van der Waals surface area contributed by atoms with Gasteiger partial charge in [-0.15, -0.1) is 0 Å². The van der Waals surface area contributed by atoms with Gasteiger partial charge in [-0.3, -0.25) is 9.36 Å². The van der Waals surface area contributed by atoms with Crippen molar-refractivity contribution in [1.29, 1.82) is 0 Å². The number of carbonyl (C=O) groups excluding carboxylic acids is 1. The number of hydroxylamine groups is 1. The Labute approximate surface area is 52.5 Å². The molecule has 9 heavy (non-hydrogen) atoms. The van der Waals surface area contributed by atoms with E-state index in [1.54, 1.807) is 6.92 Å². The molecule has 0 fully saturated rings. The van der Waals surface area contributed by atoms with Gasteiger partial charge in [-0.1, -0.05) is 6.92 Å². The fraction of sp³-hybridized carbons (Fsp3) is 0.667. The Morgan fingerprint density at radius 1 is 1.89 bits per heavy atom. The molecule has 0 radical (unpaired) electrons. The molecule has 0 heterocycles. The fourth-order valence-electron chi connectivity index (χ4n) is 0.179. The SMILES string of the molecule is CCNOP(=O)(O)C=O. The normalized spacial score (nSPS) is 16.7. The van der Waals surface area contributed by atoms with Crippen LogP contribution in [0.4, 0.5) is 0 Å². The number of hydrogen-bond donors (Lipinski definition) is 2. The molecule has 0 saturated carbocycles. The van der Waals surface area contributed by atoms with Crippen molar-refractivity contribution < 1.29 is 18.9 Å². The Morgan fingerprint density at radius 3 is 2.78 bits per heavy atom. The Hall–Kier alpha value is -0.220. The summed E-state index contributed by atoms with van der Waals surface area (Å²) in [5.41, 5.74) is 2.10. The zero-order valence-corrected chi connectivity index (χ0v) is 5.80. The summed E-state index contributed by atoms with van der Waals surface area (Å²) < 4.78 is 14.3. The maximum absolute atomic E-state index is 10.2. The van der Waals surface area contributed by atoms with Gasteiger partial charge in [0.1, 0.15) is 0 Å². The van der Waals surface area contributed by atoms with Gasteiger partial charge >= 0.3 is 7.60 Å². The van der Waals surface area contributed by atoms with E-state index in [-0.39, 0.29) is 6.03 Å². The van der Waals surface area contributed by atoms with Crippen LogP contribution in [0.15, 0.2) is 0 Å². The van der Waals surface area contributed by atoms with Crippen LogP contribution in [-0.2, 0) is 14.0 Å². The minimum Gasteiger partial charge on any atom is -0.318 e. The highest BCUT2D eigenvalue weighted by atomic mass is 31.2. The third-order valence-corrected chi connectivity index (χ3v) is 1.13. The maximum atomic E-state index is 10.2. The van der Waals surface area contributed by atoms with Crippen LogP contribution in [-0.4, -0.2) is 17.5 Å². The van der Waals surface area contributed by atoms with Crippen LogP contribution in [0.3, 0.4) is 0 Å².